The molecule has 1 aromatic carbocycles. The van der Waals surface area contributed by atoms with Gasteiger partial charge in [0.05, 0.1) is 6.54 Å². The van der Waals surface area contributed by atoms with Gasteiger partial charge < -0.3 is 15.5 Å². The Hall–Kier alpha value is -2.44. The fraction of sp³-hybridized carbons (Fsp3) is 0.526. The summed E-state index contributed by atoms with van der Waals surface area (Å²) in [6.45, 7) is 9.37. The van der Waals surface area contributed by atoms with Crippen molar-refractivity contribution in [2.45, 2.75) is 46.7 Å². The van der Waals surface area contributed by atoms with Crippen LogP contribution < -0.4 is 10.6 Å². The number of nitrogens with zero attached hydrogens (tertiary/aromatic N) is 1. The van der Waals surface area contributed by atoms with Gasteiger partial charge in [-0.15, -0.1) is 0 Å². The van der Waals surface area contributed by atoms with E-state index in [1.54, 1.807) is 6.92 Å². The van der Waals surface area contributed by atoms with Crippen LogP contribution in [0.5, 0.6) is 0 Å². The molecular weight excluding hydrogens is 337 g/mol. The molecule has 0 aliphatic heterocycles. The van der Waals surface area contributed by atoms with Crippen LogP contribution >= 0.6 is 0 Å². The third-order valence-corrected chi connectivity index (χ3v) is 3.80. The molecule has 1 rings (SSSR count). The highest BCUT2D eigenvalue weighted by atomic mass is 19.1. The molecule has 0 spiro atoms. The summed E-state index contributed by atoms with van der Waals surface area (Å²) in [5, 5.41) is 5.44. The van der Waals surface area contributed by atoms with E-state index in [0.717, 1.165) is 0 Å². The second-order valence-corrected chi connectivity index (χ2v) is 6.78. The summed E-state index contributed by atoms with van der Waals surface area (Å²) in [5.41, 5.74) is 0.269. The molecule has 0 saturated carbocycles. The summed E-state index contributed by atoms with van der Waals surface area (Å²) in [7, 11) is 0. The number of carbonyl (C=O) groups excluding carboxylic acids is 3. The second kappa shape index (κ2) is 9.89. The van der Waals surface area contributed by atoms with Crippen LogP contribution in [0.25, 0.3) is 0 Å². The Morgan fingerprint density at radius 1 is 1.04 bits per heavy atom. The number of benzene rings is 1. The van der Waals surface area contributed by atoms with Crippen molar-refractivity contribution in [2.24, 2.45) is 5.92 Å². The number of hydrogen-bond donors (Lipinski definition) is 2. The predicted molar refractivity (Wildman–Crippen MR) is 98.0 cm³/mol. The minimum absolute atomic E-state index is 0.0182. The van der Waals surface area contributed by atoms with Gasteiger partial charge in [0, 0.05) is 18.2 Å². The Balaban J connectivity index is 2.86. The van der Waals surface area contributed by atoms with Crippen molar-refractivity contribution in [3.05, 3.63) is 35.6 Å². The molecule has 6 nitrogen and oxygen atoms in total. The molecule has 1 aromatic rings. The van der Waals surface area contributed by atoms with Crippen LogP contribution in [0.15, 0.2) is 24.3 Å². The highest BCUT2D eigenvalue weighted by Gasteiger charge is 2.29. The molecule has 144 valence electrons. The molecule has 0 bridgehead atoms. The van der Waals surface area contributed by atoms with E-state index in [4.69, 9.17) is 0 Å². The largest absolute Gasteiger partial charge is 0.352 e. The van der Waals surface area contributed by atoms with Crippen molar-refractivity contribution < 1.29 is 18.8 Å². The maximum atomic E-state index is 13.0. The molecule has 26 heavy (non-hydrogen) atoms. The molecule has 0 fully saturated rings. The van der Waals surface area contributed by atoms with Crippen LogP contribution in [-0.2, 0) is 9.59 Å². The van der Waals surface area contributed by atoms with E-state index in [9.17, 15) is 18.8 Å². The number of amides is 3. The van der Waals surface area contributed by atoms with Crippen LogP contribution in [0.2, 0.25) is 0 Å². The van der Waals surface area contributed by atoms with Crippen molar-refractivity contribution in [1.29, 1.82) is 0 Å². The number of carbonyl (C=O) groups is 3. The summed E-state index contributed by atoms with van der Waals surface area (Å²) in [6.07, 6.45) is 0. The lowest BCUT2D eigenvalue weighted by molar-refractivity contribution is -0.138. The van der Waals surface area contributed by atoms with Crippen LogP contribution in [-0.4, -0.2) is 47.8 Å². The summed E-state index contributed by atoms with van der Waals surface area (Å²) < 4.78 is 13.0. The molecule has 0 aliphatic carbocycles. The van der Waals surface area contributed by atoms with Gasteiger partial charge in [-0.25, -0.2) is 4.39 Å². The Bertz CT molecular complexity index is 629. The summed E-state index contributed by atoms with van der Waals surface area (Å²) in [5.74, 6) is -1.64. The van der Waals surface area contributed by atoms with E-state index in [-0.39, 0.29) is 35.9 Å². The van der Waals surface area contributed by atoms with Gasteiger partial charge in [-0.3, -0.25) is 14.4 Å². The first kappa shape index (κ1) is 21.6. The number of rotatable bonds is 8. The lowest BCUT2D eigenvalue weighted by atomic mass is 10.0. The zero-order valence-electron chi connectivity index (χ0n) is 16.0. The Morgan fingerprint density at radius 3 is 2.08 bits per heavy atom. The van der Waals surface area contributed by atoms with Gasteiger partial charge in [0.15, 0.2) is 0 Å². The first-order valence-corrected chi connectivity index (χ1v) is 8.80. The molecule has 0 heterocycles. The lowest BCUT2D eigenvalue weighted by Gasteiger charge is -2.29. The molecule has 7 heteroatoms. The topological polar surface area (TPSA) is 78.5 Å². The van der Waals surface area contributed by atoms with Gasteiger partial charge in [-0.05, 0) is 51.0 Å². The molecular formula is C19H28FN3O3. The SMILES string of the molecule is CCN(CC(=O)NC(C)C)C(=O)C(NC(=O)c1ccc(F)cc1)C(C)C. The third kappa shape index (κ3) is 6.46. The summed E-state index contributed by atoms with van der Waals surface area (Å²) in [6, 6.07) is 4.31. The zero-order chi connectivity index (χ0) is 19.9. The van der Waals surface area contributed by atoms with Gasteiger partial charge in [-0.1, -0.05) is 13.8 Å². The normalized spacial score (nSPS) is 12.0. The first-order valence-electron chi connectivity index (χ1n) is 8.80. The standard InChI is InChI=1S/C19H28FN3O3/c1-6-23(11-16(24)21-13(4)5)19(26)17(12(2)3)22-18(25)14-7-9-15(20)10-8-14/h7-10,12-13,17H,6,11H2,1-5H3,(H,21,24)(H,22,25). The highest BCUT2D eigenvalue weighted by molar-refractivity contribution is 5.98. The third-order valence-electron chi connectivity index (χ3n) is 3.80. The van der Waals surface area contributed by atoms with Crippen molar-refractivity contribution >= 4 is 17.7 Å². The van der Waals surface area contributed by atoms with E-state index in [1.165, 1.54) is 29.2 Å². The Morgan fingerprint density at radius 2 is 1.62 bits per heavy atom. The van der Waals surface area contributed by atoms with E-state index in [2.05, 4.69) is 10.6 Å². The molecule has 2 N–H and O–H groups in total. The first-order chi connectivity index (χ1) is 12.1. The van der Waals surface area contributed by atoms with Gasteiger partial charge in [-0.2, -0.15) is 0 Å². The maximum absolute atomic E-state index is 13.0. The van der Waals surface area contributed by atoms with Crippen LogP contribution in [0.3, 0.4) is 0 Å². The van der Waals surface area contributed by atoms with Crippen molar-refractivity contribution in [3.63, 3.8) is 0 Å². The monoisotopic (exact) mass is 365 g/mol. The predicted octanol–water partition coefficient (Wildman–Crippen LogP) is 1.95. The number of nitrogens with one attached hydrogen (secondary N) is 2. The van der Waals surface area contributed by atoms with Crippen LogP contribution in [0.1, 0.15) is 45.0 Å². The number of hydrogen-bond acceptors (Lipinski definition) is 3. The minimum Gasteiger partial charge on any atom is -0.352 e. The van der Waals surface area contributed by atoms with E-state index in [1.807, 2.05) is 27.7 Å². The minimum atomic E-state index is -0.778. The van der Waals surface area contributed by atoms with Crippen LogP contribution in [0.4, 0.5) is 4.39 Å². The van der Waals surface area contributed by atoms with Crippen molar-refractivity contribution in [1.82, 2.24) is 15.5 Å². The fourth-order valence-corrected chi connectivity index (χ4v) is 2.42. The van der Waals surface area contributed by atoms with Gasteiger partial charge in [0.1, 0.15) is 11.9 Å². The zero-order valence-corrected chi connectivity index (χ0v) is 16.0. The number of likely N-dealkylation sites (N-methyl/N-ethyl adjacent to an activating group) is 1. The quantitative estimate of drug-likeness (QED) is 0.739. The number of halogens is 1. The van der Waals surface area contributed by atoms with E-state index < -0.39 is 17.8 Å². The molecule has 0 aliphatic rings. The maximum Gasteiger partial charge on any atom is 0.251 e. The molecule has 1 unspecified atom stereocenters. The Labute approximate surface area is 154 Å². The van der Waals surface area contributed by atoms with Crippen molar-refractivity contribution in [2.75, 3.05) is 13.1 Å². The summed E-state index contributed by atoms with van der Waals surface area (Å²) >= 11 is 0. The smallest absolute Gasteiger partial charge is 0.251 e. The molecule has 0 saturated heterocycles. The van der Waals surface area contributed by atoms with Gasteiger partial charge in [0.25, 0.3) is 5.91 Å². The molecule has 0 radical (unpaired) electrons. The van der Waals surface area contributed by atoms with Crippen LogP contribution in [0, 0.1) is 11.7 Å². The fourth-order valence-electron chi connectivity index (χ4n) is 2.42. The second-order valence-electron chi connectivity index (χ2n) is 6.78. The van der Waals surface area contributed by atoms with Crippen molar-refractivity contribution in [3.8, 4) is 0 Å². The average molecular weight is 365 g/mol. The lowest BCUT2D eigenvalue weighted by Crippen LogP contribution is -2.53. The Kier molecular flexibility index (Phi) is 8.22. The molecule has 3 amide bonds. The average Bonchev–Trinajstić information content (AvgIpc) is 2.56. The summed E-state index contributed by atoms with van der Waals surface area (Å²) in [4.78, 5) is 38.6. The van der Waals surface area contributed by atoms with Gasteiger partial charge in [0.2, 0.25) is 11.8 Å². The van der Waals surface area contributed by atoms with Gasteiger partial charge >= 0.3 is 0 Å². The highest BCUT2D eigenvalue weighted by Crippen LogP contribution is 2.09. The van der Waals surface area contributed by atoms with E-state index in [0.29, 0.717) is 6.54 Å². The molecule has 1 atom stereocenters. The molecule has 0 aromatic heterocycles. The van der Waals surface area contributed by atoms with E-state index >= 15 is 0 Å².